The molecule has 0 unspecified atom stereocenters. The first-order valence-corrected chi connectivity index (χ1v) is 6.51. The fourth-order valence-electron chi connectivity index (χ4n) is 1.37. The Morgan fingerprint density at radius 2 is 1.88 bits per heavy atom. The van der Waals surface area contributed by atoms with Crippen molar-refractivity contribution in [2.75, 3.05) is 7.05 Å². The Morgan fingerprint density at radius 3 is 2.24 bits per heavy atom. The van der Waals surface area contributed by atoms with Gasteiger partial charge in [-0.25, -0.2) is 0 Å². The predicted molar refractivity (Wildman–Crippen MR) is 62.3 cm³/mol. The summed E-state index contributed by atoms with van der Waals surface area (Å²) in [4.78, 5) is 28.6. The minimum absolute atomic E-state index is 0.0717. The maximum atomic E-state index is 10.9. The smallest absolute Gasteiger partial charge is 0.356 e. The Balaban J connectivity index is 2.82. The Labute approximate surface area is 98.4 Å². The van der Waals surface area contributed by atoms with Gasteiger partial charge in [0, 0.05) is 0 Å². The number of rotatable bonds is 5. The zero-order valence-corrected chi connectivity index (χ0v) is 10.1. The molecule has 7 heteroatoms. The summed E-state index contributed by atoms with van der Waals surface area (Å²) in [6.07, 6.45) is 0.257. The molecule has 94 valence electrons. The number of carboxylic acids is 1. The van der Waals surface area contributed by atoms with Crippen LogP contribution in [0.15, 0.2) is 24.3 Å². The Hall–Kier alpha value is -1.20. The third kappa shape index (κ3) is 3.94. The normalized spacial score (nSPS) is 13.4. The van der Waals surface area contributed by atoms with Crippen LogP contribution in [0.3, 0.4) is 0 Å². The van der Waals surface area contributed by atoms with E-state index in [-0.39, 0.29) is 11.7 Å². The molecule has 4 N–H and O–H groups in total. The van der Waals surface area contributed by atoms with Crippen molar-refractivity contribution < 1.29 is 24.3 Å². The van der Waals surface area contributed by atoms with Crippen LogP contribution >= 0.6 is 7.60 Å². The van der Waals surface area contributed by atoms with Gasteiger partial charge in [0.05, 0.1) is 5.30 Å². The second kappa shape index (κ2) is 5.42. The van der Waals surface area contributed by atoms with E-state index in [4.69, 9.17) is 14.9 Å². The topological polar surface area (TPSA) is 107 Å². The van der Waals surface area contributed by atoms with E-state index in [9.17, 15) is 9.36 Å². The van der Waals surface area contributed by atoms with Gasteiger partial charge in [-0.05, 0) is 31.2 Å². The zero-order chi connectivity index (χ0) is 13.1. The number of carbonyl (C=O) groups is 1. The number of likely N-dealkylation sites (N-methyl/N-ethyl adjacent to an activating group) is 1. The highest BCUT2D eigenvalue weighted by atomic mass is 31.2. The van der Waals surface area contributed by atoms with E-state index in [0.29, 0.717) is 5.56 Å². The highest BCUT2D eigenvalue weighted by Crippen LogP contribution is 2.32. The lowest BCUT2D eigenvalue weighted by Gasteiger charge is -2.11. The van der Waals surface area contributed by atoms with Crippen molar-refractivity contribution in [3.05, 3.63) is 29.8 Å². The van der Waals surface area contributed by atoms with Crippen molar-refractivity contribution in [3.8, 4) is 0 Å². The molecule has 0 bridgehead atoms. The van der Waals surface area contributed by atoms with Crippen LogP contribution in [-0.2, 0) is 15.8 Å². The van der Waals surface area contributed by atoms with Gasteiger partial charge in [-0.3, -0.25) is 9.36 Å². The van der Waals surface area contributed by atoms with Crippen molar-refractivity contribution in [1.82, 2.24) is 5.32 Å². The third-order valence-electron chi connectivity index (χ3n) is 2.36. The quantitative estimate of drug-likeness (QED) is 0.541. The van der Waals surface area contributed by atoms with Crippen LogP contribution in [0.25, 0.3) is 0 Å². The predicted octanol–water partition coefficient (Wildman–Crippen LogP) is -0.295. The molecular formula is C10H14NO5P. The summed E-state index contributed by atoms with van der Waals surface area (Å²) in [6.45, 7) is 0. The van der Waals surface area contributed by atoms with Crippen LogP contribution in [0.4, 0.5) is 0 Å². The van der Waals surface area contributed by atoms with Gasteiger partial charge in [-0.1, -0.05) is 12.1 Å². The Morgan fingerprint density at radius 1 is 1.35 bits per heavy atom. The van der Waals surface area contributed by atoms with Crippen LogP contribution in [-0.4, -0.2) is 34.0 Å². The number of carboxylic acid groups (broad SMARTS) is 1. The van der Waals surface area contributed by atoms with E-state index in [1.54, 1.807) is 7.05 Å². The third-order valence-corrected chi connectivity index (χ3v) is 3.33. The first-order valence-electron chi connectivity index (χ1n) is 4.89. The maximum Gasteiger partial charge on any atom is 0.356 e. The molecular weight excluding hydrogens is 245 g/mol. The first-order chi connectivity index (χ1) is 7.84. The van der Waals surface area contributed by atoms with E-state index in [0.717, 1.165) is 0 Å². The maximum absolute atomic E-state index is 10.9. The van der Waals surface area contributed by atoms with Crippen molar-refractivity contribution >= 4 is 18.9 Å². The second-order valence-corrected chi connectivity index (χ2v) is 5.20. The van der Waals surface area contributed by atoms with Gasteiger partial charge in [0.2, 0.25) is 0 Å². The van der Waals surface area contributed by atoms with Crippen LogP contribution in [0, 0.1) is 0 Å². The molecule has 0 spiro atoms. The number of nitrogens with one attached hydrogen (secondary N) is 1. The number of hydrogen-bond acceptors (Lipinski definition) is 3. The van der Waals surface area contributed by atoms with Crippen LogP contribution < -0.4 is 10.6 Å². The molecule has 17 heavy (non-hydrogen) atoms. The van der Waals surface area contributed by atoms with Crippen molar-refractivity contribution in [1.29, 1.82) is 0 Å². The summed E-state index contributed by atoms with van der Waals surface area (Å²) in [5.74, 6) is -0.966. The van der Waals surface area contributed by atoms with E-state index in [1.807, 2.05) is 0 Å². The summed E-state index contributed by atoms with van der Waals surface area (Å²) in [6, 6.07) is 4.94. The molecule has 1 rings (SSSR count). The zero-order valence-electron chi connectivity index (χ0n) is 9.20. The summed E-state index contributed by atoms with van der Waals surface area (Å²) < 4.78 is 10.9. The minimum atomic E-state index is -4.23. The Bertz CT molecular complexity index is 439. The SMILES string of the molecule is CN[C@H](Cc1ccc(P(=O)(O)O)cc1)C(=O)O. The number of aliphatic carboxylic acids is 1. The summed E-state index contributed by atoms with van der Waals surface area (Å²) in [5.41, 5.74) is 0.698. The minimum Gasteiger partial charge on any atom is -0.480 e. The average molecular weight is 259 g/mol. The highest BCUT2D eigenvalue weighted by molar-refractivity contribution is 7.60. The molecule has 1 aromatic carbocycles. The van der Waals surface area contributed by atoms with E-state index >= 15 is 0 Å². The molecule has 0 aliphatic carbocycles. The van der Waals surface area contributed by atoms with Crippen molar-refractivity contribution in [2.45, 2.75) is 12.5 Å². The largest absolute Gasteiger partial charge is 0.480 e. The lowest BCUT2D eigenvalue weighted by molar-refractivity contribution is -0.139. The van der Waals surface area contributed by atoms with E-state index < -0.39 is 19.6 Å². The van der Waals surface area contributed by atoms with Crippen LogP contribution in [0.2, 0.25) is 0 Å². The lowest BCUT2D eigenvalue weighted by Crippen LogP contribution is -2.35. The Kier molecular flexibility index (Phi) is 4.42. The number of benzene rings is 1. The molecule has 0 saturated heterocycles. The van der Waals surface area contributed by atoms with E-state index in [1.165, 1.54) is 24.3 Å². The molecule has 0 radical (unpaired) electrons. The molecule has 0 amide bonds. The summed E-state index contributed by atoms with van der Waals surface area (Å²) >= 11 is 0. The summed E-state index contributed by atoms with van der Waals surface area (Å²) in [7, 11) is -2.69. The van der Waals surface area contributed by atoms with Gasteiger partial charge < -0.3 is 20.2 Å². The highest BCUT2D eigenvalue weighted by Gasteiger charge is 2.18. The van der Waals surface area contributed by atoms with Gasteiger partial charge in [-0.2, -0.15) is 0 Å². The standard InChI is InChI=1S/C10H14NO5P/c1-11-9(10(12)13)6-7-2-4-8(5-3-7)17(14,15)16/h2-5,9,11H,6H2,1H3,(H,12,13)(H2,14,15,16)/t9-/m1/s1. The van der Waals surface area contributed by atoms with Gasteiger partial charge in [-0.15, -0.1) is 0 Å². The number of hydrogen-bond donors (Lipinski definition) is 4. The molecule has 6 nitrogen and oxygen atoms in total. The van der Waals surface area contributed by atoms with Crippen molar-refractivity contribution in [3.63, 3.8) is 0 Å². The molecule has 0 saturated carbocycles. The molecule has 0 aliphatic heterocycles. The average Bonchev–Trinajstić information content (AvgIpc) is 2.25. The van der Waals surface area contributed by atoms with Crippen LogP contribution in [0.1, 0.15) is 5.56 Å². The molecule has 0 aromatic heterocycles. The van der Waals surface area contributed by atoms with Gasteiger partial charge in [0.15, 0.2) is 0 Å². The fourth-order valence-corrected chi connectivity index (χ4v) is 1.91. The molecule has 0 heterocycles. The van der Waals surface area contributed by atoms with Crippen LogP contribution in [0.5, 0.6) is 0 Å². The molecule has 1 atom stereocenters. The van der Waals surface area contributed by atoms with Gasteiger partial charge >= 0.3 is 13.6 Å². The van der Waals surface area contributed by atoms with Crippen molar-refractivity contribution in [2.24, 2.45) is 0 Å². The summed E-state index contributed by atoms with van der Waals surface area (Å²) in [5, 5.41) is 11.4. The first kappa shape index (κ1) is 13.9. The second-order valence-electron chi connectivity index (χ2n) is 3.59. The van der Waals surface area contributed by atoms with Gasteiger partial charge in [0.1, 0.15) is 6.04 Å². The lowest BCUT2D eigenvalue weighted by atomic mass is 10.1. The molecule has 0 fully saturated rings. The van der Waals surface area contributed by atoms with Gasteiger partial charge in [0.25, 0.3) is 0 Å². The molecule has 1 aromatic rings. The monoisotopic (exact) mass is 259 g/mol. The molecule has 0 aliphatic rings. The van der Waals surface area contributed by atoms with E-state index in [2.05, 4.69) is 5.32 Å². The fraction of sp³-hybridized carbons (Fsp3) is 0.300.